The molecule has 2 unspecified atom stereocenters. The van der Waals surface area contributed by atoms with Gasteiger partial charge in [0.1, 0.15) is 17.0 Å². The zero-order chi connectivity index (χ0) is 34.1. The number of para-hydroxylation sites is 2. The van der Waals surface area contributed by atoms with Gasteiger partial charge in [0.15, 0.2) is 11.6 Å². The van der Waals surface area contributed by atoms with Gasteiger partial charge < -0.3 is 9.32 Å². The Hall–Kier alpha value is -6.59. The van der Waals surface area contributed by atoms with Crippen LogP contribution in [-0.4, -0.2) is 21.0 Å². The number of furan rings is 1. The molecule has 0 radical (unpaired) electrons. The minimum Gasteiger partial charge on any atom is -0.456 e. The maximum atomic E-state index is 6.44. The Morgan fingerprint density at radius 2 is 1.31 bits per heavy atom. The third kappa shape index (κ3) is 5.69. The number of anilines is 2. The minimum absolute atomic E-state index is 0.129. The molecule has 1 aliphatic carbocycles. The molecular weight excluding hydrogens is 625 g/mol. The Kier molecular flexibility index (Phi) is 7.78. The van der Waals surface area contributed by atoms with Crippen molar-refractivity contribution in [1.82, 2.24) is 15.0 Å². The summed E-state index contributed by atoms with van der Waals surface area (Å²) in [6, 6.07) is 48.2. The first-order chi connectivity index (χ1) is 25.2. The van der Waals surface area contributed by atoms with Crippen LogP contribution in [0.25, 0.3) is 52.6 Å². The summed E-state index contributed by atoms with van der Waals surface area (Å²) in [5.74, 6) is 2.99. The van der Waals surface area contributed by atoms with Crippen molar-refractivity contribution >= 4 is 30.1 Å². The van der Waals surface area contributed by atoms with E-state index in [2.05, 4.69) is 133 Å². The number of hydrogen-bond acceptors (Lipinski definition) is 5. The highest BCUT2D eigenvalue weighted by Crippen LogP contribution is 2.50. The van der Waals surface area contributed by atoms with Gasteiger partial charge in [-0.15, -0.1) is 0 Å². The molecule has 2 aromatic heterocycles. The van der Waals surface area contributed by atoms with Crippen LogP contribution in [0.5, 0.6) is 0 Å². The van der Waals surface area contributed by atoms with Gasteiger partial charge in [-0.2, -0.15) is 0 Å². The fourth-order valence-corrected chi connectivity index (χ4v) is 7.34. The first-order valence-electron chi connectivity index (χ1n) is 17.3. The molecule has 1 aliphatic heterocycles. The molecule has 0 saturated carbocycles. The van der Waals surface area contributed by atoms with E-state index in [0.717, 1.165) is 44.2 Å². The molecule has 7 aromatic rings. The van der Waals surface area contributed by atoms with Crippen molar-refractivity contribution in [1.29, 1.82) is 0 Å². The fraction of sp³-hybridized carbons (Fsp3) is 0.0652. The van der Waals surface area contributed by atoms with Gasteiger partial charge in [0.25, 0.3) is 0 Å². The molecule has 0 bridgehead atoms. The summed E-state index contributed by atoms with van der Waals surface area (Å²) in [6.45, 7) is 4.54. The predicted molar refractivity (Wildman–Crippen MR) is 207 cm³/mol. The highest BCUT2D eigenvalue weighted by Gasteiger charge is 2.42. The summed E-state index contributed by atoms with van der Waals surface area (Å²) in [5, 5.41) is 0.922. The predicted octanol–water partition coefficient (Wildman–Crippen LogP) is 9.13. The molecule has 5 heteroatoms. The second-order valence-corrected chi connectivity index (χ2v) is 12.8. The van der Waals surface area contributed by atoms with Crippen LogP contribution in [-0.2, 0) is 6.42 Å². The topological polar surface area (TPSA) is 55.1 Å². The van der Waals surface area contributed by atoms with Crippen LogP contribution >= 0.6 is 0 Å². The zero-order valence-electron chi connectivity index (χ0n) is 27.9. The van der Waals surface area contributed by atoms with E-state index in [9.17, 15) is 0 Å². The second-order valence-electron chi connectivity index (χ2n) is 12.8. The lowest BCUT2D eigenvalue weighted by Gasteiger charge is -2.30. The number of benzene rings is 5. The Morgan fingerprint density at radius 1 is 0.667 bits per heavy atom. The smallest absolute Gasteiger partial charge is 0.163 e. The van der Waals surface area contributed by atoms with Gasteiger partial charge in [-0.05, 0) is 53.1 Å². The lowest BCUT2D eigenvalue weighted by molar-refractivity contribution is 0.514. The molecule has 0 fully saturated rings. The third-order valence-corrected chi connectivity index (χ3v) is 9.69. The summed E-state index contributed by atoms with van der Waals surface area (Å²) in [5.41, 5.74) is 9.76. The molecule has 9 rings (SSSR count). The van der Waals surface area contributed by atoms with E-state index in [0.29, 0.717) is 23.9 Å². The van der Waals surface area contributed by atoms with Gasteiger partial charge >= 0.3 is 0 Å². The molecular formula is C46H34N4O. The van der Waals surface area contributed by atoms with Gasteiger partial charge in [-0.25, -0.2) is 15.0 Å². The number of fused-ring (bicyclic) bond motifs is 5. The highest BCUT2D eigenvalue weighted by molar-refractivity contribution is 5.78. The van der Waals surface area contributed by atoms with Crippen molar-refractivity contribution in [2.45, 2.75) is 18.4 Å². The van der Waals surface area contributed by atoms with Crippen molar-refractivity contribution in [2.75, 3.05) is 4.90 Å². The molecule has 51 heavy (non-hydrogen) atoms. The molecule has 5 aromatic carbocycles. The van der Waals surface area contributed by atoms with Crippen LogP contribution in [0.3, 0.4) is 0 Å². The standard InChI is InChI=1S/C46H34N4O/c1-31-40(51-41-29-28-39-44(43(31)41)37-24-11-12-25-38(37)50(39)36-22-9-4-10-23-36)26-13-14-27-42-47-45(33-18-7-3-8-19-33)49-46(48-42)35-21-15-20-34(30-35)32-16-5-2-6-17-32/h2-26,28-30,39,44H,1,27H2/b14-13-,40-26+. The fourth-order valence-electron chi connectivity index (χ4n) is 7.34. The SMILES string of the molecule is C=c1c2c(o/c1=C/C=C\Cc1nc(-c3ccccc3)nc(-c3cccc(-c4ccccc4)c3)n1)C=CC1C2c2ccccc2N1c1ccccc1. The maximum Gasteiger partial charge on any atom is 0.163 e. The molecule has 5 nitrogen and oxygen atoms in total. The Balaban J connectivity index is 1.03. The van der Waals surface area contributed by atoms with Crippen LogP contribution in [0.4, 0.5) is 11.4 Å². The first kappa shape index (κ1) is 30.5. The summed E-state index contributed by atoms with van der Waals surface area (Å²) in [7, 11) is 0. The Labute approximate surface area is 297 Å². The monoisotopic (exact) mass is 658 g/mol. The van der Waals surface area contributed by atoms with E-state index < -0.39 is 0 Å². The lowest BCUT2D eigenvalue weighted by atomic mass is 9.83. The van der Waals surface area contributed by atoms with E-state index in [1.807, 2.05) is 48.6 Å². The van der Waals surface area contributed by atoms with E-state index >= 15 is 0 Å². The molecule has 0 saturated heterocycles. The summed E-state index contributed by atoms with van der Waals surface area (Å²) >= 11 is 0. The largest absolute Gasteiger partial charge is 0.456 e. The Bertz CT molecular complexity index is 2540. The van der Waals surface area contributed by atoms with E-state index in [1.54, 1.807) is 0 Å². The van der Waals surface area contributed by atoms with Gasteiger partial charge in [0.05, 0.1) is 6.04 Å². The van der Waals surface area contributed by atoms with Gasteiger partial charge in [-0.3, -0.25) is 0 Å². The number of aromatic nitrogens is 3. The third-order valence-electron chi connectivity index (χ3n) is 9.69. The van der Waals surface area contributed by atoms with Gasteiger partial charge in [-0.1, -0.05) is 140 Å². The van der Waals surface area contributed by atoms with Crippen LogP contribution < -0.4 is 15.5 Å². The van der Waals surface area contributed by atoms with E-state index in [4.69, 9.17) is 19.4 Å². The summed E-state index contributed by atoms with van der Waals surface area (Å²) in [4.78, 5) is 17.2. The average molecular weight is 659 g/mol. The van der Waals surface area contributed by atoms with Crippen molar-refractivity contribution in [3.63, 3.8) is 0 Å². The van der Waals surface area contributed by atoms with Crippen molar-refractivity contribution in [2.24, 2.45) is 0 Å². The number of hydrogen-bond donors (Lipinski definition) is 0. The highest BCUT2D eigenvalue weighted by atomic mass is 16.3. The van der Waals surface area contributed by atoms with Crippen LogP contribution in [0.1, 0.15) is 28.6 Å². The average Bonchev–Trinajstić information content (AvgIpc) is 3.71. The summed E-state index contributed by atoms with van der Waals surface area (Å²) < 4.78 is 6.44. The second kappa shape index (κ2) is 13.0. The molecule has 0 spiro atoms. The zero-order valence-corrected chi connectivity index (χ0v) is 27.9. The molecule has 244 valence electrons. The number of rotatable bonds is 7. The number of allylic oxidation sites excluding steroid dienone is 2. The van der Waals surface area contributed by atoms with Crippen LogP contribution in [0.15, 0.2) is 162 Å². The molecule has 0 N–H and O–H groups in total. The Morgan fingerprint density at radius 3 is 2.10 bits per heavy atom. The van der Waals surface area contributed by atoms with Gasteiger partial charge in [0.2, 0.25) is 0 Å². The van der Waals surface area contributed by atoms with Crippen molar-refractivity contribution in [3.05, 3.63) is 191 Å². The number of nitrogens with zero attached hydrogens (tertiary/aromatic N) is 4. The molecule has 3 heterocycles. The van der Waals surface area contributed by atoms with Crippen LogP contribution in [0.2, 0.25) is 0 Å². The van der Waals surface area contributed by atoms with Crippen molar-refractivity contribution < 1.29 is 4.42 Å². The minimum atomic E-state index is 0.129. The first-order valence-corrected chi connectivity index (χ1v) is 17.3. The van der Waals surface area contributed by atoms with E-state index in [-0.39, 0.29) is 12.0 Å². The van der Waals surface area contributed by atoms with E-state index in [1.165, 1.54) is 16.9 Å². The molecule has 2 atom stereocenters. The van der Waals surface area contributed by atoms with Crippen LogP contribution in [0, 0.1) is 0 Å². The van der Waals surface area contributed by atoms with Crippen molar-refractivity contribution in [3.8, 4) is 33.9 Å². The summed E-state index contributed by atoms with van der Waals surface area (Å²) in [6.07, 6.45) is 11.0. The molecule has 2 aliphatic rings. The molecule has 0 amide bonds. The normalized spacial score (nSPS) is 16.3. The van der Waals surface area contributed by atoms with Gasteiger partial charge in [0, 0.05) is 45.6 Å². The lowest BCUT2D eigenvalue weighted by Crippen LogP contribution is -2.33. The quantitative estimate of drug-likeness (QED) is 0.171. The maximum absolute atomic E-state index is 6.44.